The molecule has 0 aliphatic carbocycles. The van der Waals surface area contributed by atoms with E-state index in [0.29, 0.717) is 0 Å². The minimum atomic E-state index is 0.932. The summed E-state index contributed by atoms with van der Waals surface area (Å²) in [5.74, 6) is 0.932. The molecule has 72 valence electrons. The van der Waals surface area contributed by atoms with Gasteiger partial charge in [-0.05, 0) is 23.2 Å². The molecule has 0 amide bonds. The number of rotatable bonds is 1. The van der Waals surface area contributed by atoms with Crippen molar-refractivity contribution in [3.8, 4) is 5.82 Å². The van der Waals surface area contributed by atoms with Crippen LogP contribution in [0.1, 0.15) is 0 Å². The topological polar surface area (TPSA) is 21.2 Å². The molecule has 0 saturated heterocycles. The number of pyridine rings is 2. The predicted octanol–water partition coefficient (Wildman–Crippen LogP) is 1.61. The molecule has 0 radical (unpaired) electrons. The van der Waals surface area contributed by atoms with Crippen LogP contribution in [0.4, 0.5) is 0 Å². The van der Waals surface area contributed by atoms with Gasteiger partial charge in [-0.15, -0.1) is 0 Å². The van der Waals surface area contributed by atoms with E-state index in [1.165, 1.54) is 0 Å². The van der Waals surface area contributed by atoms with E-state index in [1.807, 2.05) is 70.2 Å². The number of nitrogens with zero attached hydrogens (tertiary/aromatic N) is 3. The molecule has 3 rings (SSSR count). The molecule has 0 unspecified atom stereocenters. The molecule has 0 fully saturated rings. The third-order valence-corrected chi connectivity index (χ3v) is 2.33. The van der Waals surface area contributed by atoms with Crippen molar-refractivity contribution < 1.29 is 4.57 Å². The Morgan fingerprint density at radius 2 is 1.87 bits per heavy atom. The summed E-state index contributed by atoms with van der Waals surface area (Å²) in [6.45, 7) is 0. The van der Waals surface area contributed by atoms with Gasteiger partial charge in [0.15, 0.2) is 0 Å². The van der Waals surface area contributed by atoms with Gasteiger partial charge < -0.3 is 0 Å². The average Bonchev–Trinajstić information content (AvgIpc) is 2.74. The fourth-order valence-electron chi connectivity index (χ4n) is 1.60. The number of hydrogen-bond donors (Lipinski definition) is 0. The lowest BCUT2D eigenvalue weighted by Gasteiger charge is -1.88. The fraction of sp³-hybridized carbons (Fsp3) is 0. The van der Waals surface area contributed by atoms with Gasteiger partial charge in [0.05, 0.1) is 12.4 Å². The van der Waals surface area contributed by atoms with Gasteiger partial charge in [-0.3, -0.25) is 4.40 Å². The van der Waals surface area contributed by atoms with Crippen LogP contribution in [0.2, 0.25) is 0 Å². The van der Waals surface area contributed by atoms with Gasteiger partial charge >= 0.3 is 5.82 Å². The lowest BCUT2D eigenvalue weighted by Crippen LogP contribution is -2.29. The second-order valence-corrected chi connectivity index (χ2v) is 3.35. The van der Waals surface area contributed by atoms with Crippen molar-refractivity contribution in [3.05, 3.63) is 61.2 Å². The zero-order valence-corrected chi connectivity index (χ0v) is 8.12. The van der Waals surface area contributed by atoms with Gasteiger partial charge in [0, 0.05) is 12.3 Å². The summed E-state index contributed by atoms with van der Waals surface area (Å²) in [5, 5.41) is 0. The first kappa shape index (κ1) is 8.17. The first-order valence-corrected chi connectivity index (χ1v) is 4.84. The summed E-state index contributed by atoms with van der Waals surface area (Å²) in [7, 11) is 0. The Hall–Kier alpha value is -2.16. The Morgan fingerprint density at radius 1 is 1.00 bits per heavy atom. The van der Waals surface area contributed by atoms with Crippen molar-refractivity contribution in [2.75, 3.05) is 0 Å². The molecule has 0 aliphatic rings. The predicted molar refractivity (Wildman–Crippen MR) is 56.7 cm³/mol. The summed E-state index contributed by atoms with van der Waals surface area (Å²) in [6.07, 6.45) is 7.98. The van der Waals surface area contributed by atoms with Gasteiger partial charge in [0.2, 0.25) is 0 Å². The second kappa shape index (κ2) is 3.20. The molecule has 3 nitrogen and oxygen atoms in total. The van der Waals surface area contributed by atoms with Gasteiger partial charge in [-0.2, -0.15) is 0 Å². The van der Waals surface area contributed by atoms with E-state index in [2.05, 4.69) is 4.98 Å². The molecular formula is C12H10N3+. The van der Waals surface area contributed by atoms with Crippen molar-refractivity contribution in [1.29, 1.82) is 0 Å². The molecule has 0 N–H and O–H groups in total. The Kier molecular flexibility index (Phi) is 1.75. The Bertz CT molecular complexity index is 551. The van der Waals surface area contributed by atoms with Gasteiger partial charge in [0.1, 0.15) is 6.20 Å². The van der Waals surface area contributed by atoms with Crippen molar-refractivity contribution >= 4 is 5.65 Å². The van der Waals surface area contributed by atoms with Crippen LogP contribution in [0, 0.1) is 0 Å². The van der Waals surface area contributed by atoms with Crippen LogP contribution in [0.15, 0.2) is 61.2 Å². The van der Waals surface area contributed by atoms with Crippen molar-refractivity contribution in [2.45, 2.75) is 0 Å². The number of aromatic nitrogens is 3. The zero-order chi connectivity index (χ0) is 10.1. The van der Waals surface area contributed by atoms with Crippen LogP contribution in [-0.4, -0.2) is 9.38 Å². The Balaban J connectivity index is 2.21. The molecule has 3 aromatic heterocycles. The third kappa shape index (κ3) is 1.38. The molecular weight excluding hydrogens is 186 g/mol. The fourth-order valence-corrected chi connectivity index (χ4v) is 1.60. The van der Waals surface area contributed by atoms with Crippen LogP contribution >= 0.6 is 0 Å². The molecule has 3 heteroatoms. The van der Waals surface area contributed by atoms with Crippen LogP contribution in [0.5, 0.6) is 0 Å². The van der Waals surface area contributed by atoms with Crippen molar-refractivity contribution in [2.24, 2.45) is 0 Å². The van der Waals surface area contributed by atoms with Crippen molar-refractivity contribution in [1.82, 2.24) is 9.38 Å². The highest BCUT2D eigenvalue weighted by Crippen LogP contribution is 2.03. The van der Waals surface area contributed by atoms with Gasteiger partial charge in [-0.25, -0.2) is 4.57 Å². The average molecular weight is 196 g/mol. The van der Waals surface area contributed by atoms with Gasteiger partial charge in [-0.1, -0.05) is 12.1 Å². The largest absolute Gasteiger partial charge is 0.347 e. The summed E-state index contributed by atoms with van der Waals surface area (Å²) in [6, 6.07) is 11.9. The quantitative estimate of drug-likeness (QED) is 0.542. The SMILES string of the molecule is c1cc[n+](-c2cn3ccccc3n2)cc1. The molecule has 0 aliphatic heterocycles. The maximum atomic E-state index is 4.51. The van der Waals surface area contributed by atoms with E-state index in [9.17, 15) is 0 Å². The highest BCUT2D eigenvalue weighted by Gasteiger charge is 2.10. The number of imidazole rings is 1. The standard InChI is InChI=1S/C12H10N3/c1-3-7-14(8-4-1)12-10-15-9-5-2-6-11(15)13-12/h1-10H/q+1. The summed E-state index contributed by atoms with van der Waals surface area (Å²) in [4.78, 5) is 4.51. The minimum Gasteiger partial charge on any atom is -0.279 e. The number of hydrogen-bond acceptors (Lipinski definition) is 1. The second-order valence-electron chi connectivity index (χ2n) is 3.35. The maximum Gasteiger partial charge on any atom is 0.347 e. The smallest absolute Gasteiger partial charge is 0.279 e. The van der Waals surface area contributed by atoms with E-state index < -0.39 is 0 Å². The third-order valence-electron chi connectivity index (χ3n) is 2.33. The van der Waals surface area contributed by atoms with E-state index in [4.69, 9.17) is 0 Å². The normalized spacial score (nSPS) is 10.7. The Labute approximate surface area is 87.3 Å². The molecule has 0 aromatic carbocycles. The highest BCUT2D eigenvalue weighted by atomic mass is 15.1. The molecule has 3 heterocycles. The van der Waals surface area contributed by atoms with Crippen LogP contribution < -0.4 is 4.57 Å². The summed E-state index contributed by atoms with van der Waals surface area (Å²) >= 11 is 0. The van der Waals surface area contributed by atoms with E-state index in [1.54, 1.807) is 0 Å². The first-order chi connectivity index (χ1) is 7.43. The summed E-state index contributed by atoms with van der Waals surface area (Å²) in [5.41, 5.74) is 0.962. The molecule has 0 bridgehead atoms. The van der Waals surface area contributed by atoms with Crippen LogP contribution in [0.3, 0.4) is 0 Å². The van der Waals surface area contributed by atoms with Crippen molar-refractivity contribution in [3.63, 3.8) is 0 Å². The van der Waals surface area contributed by atoms with Crippen LogP contribution in [-0.2, 0) is 0 Å². The van der Waals surface area contributed by atoms with Crippen LogP contribution in [0.25, 0.3) is 11.5 Å². The molecule has 0 atom stereocenters. The monoisotopic (exact) mass is 196 g/mol. The summed E-state index contributed by atoms with van der Waals surface area (Å²) < 4.78 is 4.00. The molecule has 15 heavy (non-hydrogen) atoms. The Morgan fingerprint density at radius 3 is 2.67 bits per heavy atom. The highest BCUT2D eigenvalue weighted by molar-refractivity contribution is 5.41. The zero-order valence-electron chi connectivity index (χ0n) is 8.12. The van der Waals surface area contributed by atoms with E-state index in [-0.39, 0.29) is 0 Å². The lowest BCUT2D eigenvalue weighted by atomic mass is 10.5. The molecule has 0 saturated carbocycles. The van der Waals surface area contributed by atoms with Gasteiger partial charge in [0.25, 0.3) is 5.65 Å². The number of fused-ring (bicyclic) bond motifs is 1. The maximum absolute atomic E-state index is 4.51. The minimum absolute atomic E-state index is 0.932. The van der Waals surface area contributed by atoms with E-state index in [0.717, 1.165) is 11.5 Å². The first-order valence-electron chi connectivity index (χ1n) is 4.84. The molecule has 3 aromatic rings. The van der Waals surface area contributed by atoms with E-state index >= 15 is 0 Å². The molecule has 0 spiro atoms. The lowest BCUT2D eigenvalue weighted by molar-refractivity contribution is -0.599.